The molecule has 29 heavy (non-hydrogen) atoms. The van der Waals surface area contributed by atoms with Crippen LogP contribution in [0.25, 0.3) is 0 Å². The van der Waals surface area contributed by atoms with Crippen molar-refractivity contribution in [3.8, 4) is 0 Å². The lowest BCUT2D eigenvalue weighted by Crippen LogP contribution is -2.58. The number of hydrogen-bond acceptors (Lipinski definition) is 5. The van der Waals surface area contributed by atoms with E-state index in [1.54, 1.807) is 6.07 Å². The molecule has 1 saturated heterocycles. The number of hydrogen-bond donors (Lipinski definition) is 0. The number of carbonyl (C=O) groups is 2. The normalized spacial score (nSPS) is 50.3. The average molecular weight is 396 g/mol. The molecule has 5 fully saturated rings. The van der Waals surface area contributed by atoms with Crippen molar-refractivity contribution in [2.75, 3.05) is 0 Å². The summed E-state index contributed by atoms with van der Waals surface area (Å²) < 4.78 is 11.5. The molecule has 6 rings (SSSR count). The summed E-state index contributed by atoms with van der Waals surface area (Å²) in [5.74, 6) is 1.71. The zero-order valence-electron chi connectivity index (χ0n) is 17.1. The van der Waals surface area contributed by atoms with E-state index in [0.29, 0.717) is 30.0 Å². The van der Waals surface area contributed by atoms with Crippen molar-refractivity contribution in [3.05, 3.63) is 34.4 Å². The molecular weight excluding hydrogens is 368 g/mol. The van der Waals surface area contributed by atoms with Crippen LogP contribution in [-0.4, -0.2) is 23.3 Å². The highest BCUT2D eigenvalue weighted by molar-refractivity contribution is 5.98. The Balaban J connectivity index is 1.40. The SMILES string of the molecule is C[C@]12CCC(=O)C[C@H]1CC[C@@H]1[C@@H]2CC[C@]2(C)[C@@H](c3ccc(=O)oc3)C(=O)[C@H]3O[C@@]312. The van der Waals surface area contributed by atoms with Gasteiger partial charge in [0.05, 0.1) is 12.2 Å². The summed E-state index contributed by atoms with van der Waals surface area (Å²) in [6.45, 7) is 4.63. The highest BCUT2D eigenvalue weighted by Gasteiger charge is 2.84. The minimum absolute atomic E-state index is 0.160. The van der Waals surface area contributed by atoms with Crippen molar-refractivity contribution in [2.24, 2.45) is 28.6 Å². The lowest BCUT2D eigenvalue weighted by atomic mass is 9.44. The Bertz CT molecular complexity index is 959. The lowest BCUT2D eigenvalue weighted by Gasteiger charge is -2.60. The van der Waals surface area contributed by atoms with Gasteiger partial charge in [-0.15, -0.1) is 0 Å². The molecule has 1 spiro atoms. The highest BCUT2D eigenvalue weighted by atomic mass is 16.6. The van der Waals surface area contributed by atoms with Gasteiger partial charge in [0.15, 0.2) is 5.78 Å². The van der Waals surface area contributed by atoms with Crippen molar-refractivity contribution in [1.82, 2.24) is 0 Å². The fourth-order valence-electron chi connectivity index (χ4n) is 8.35. The van der Waals surface area contributed by atoms with Crippen LogP contribution < -0.4 is 5.63 Å². The maximum absolute atomic E-state index is 13.4. The summed E-state index contributed by atoms with van der Waals surface area (Å²) in [5.41, 5.74) is -0.0206. The summed E-state index contributed by atoms with van der Waals surface area (Å²) >= 11 is 0. The number of ketones is 2. The average Bonchev–Trinajstić information content (AvgIpc) is 3.40. The monoisotopic (exact) mass is 396 g/mol. The Hall–Kier alpha value is -1.75. The van der Waals surface area contributed by atoms with Gasteiger partial charge in [0.25, 0.3) is 0 Å². The largest absolute Gasteiger partial charge is 0.431 e. The molecule has 0 radical (unpaired) electrons. The van der Waals surface area contributed by atoms with Crippen LogP contribution in [0.4, 0.5) is 0 Å². The third kappa shape index (κ3) is 2.03. The molecule has 8 atom stereocenters. The summed E-state index contributed by atoms with van der Waals surface area (Å²) in [7, 11) is 0. The molecule has 1 aromatic heterocycles. The van der Waals surface area contributed by atoms with Gasteiger partial charge in [0.1, 0.15) is 17.5 Å². The number of ether oxygens (including phenoxy) is 1. The predicted molar refractivity (Wildman–Crippen MR) is 104 cm³/mol. The van der Waals surface area contributed by atoms with E-state index in [4.69, 9.17) is 9.15 Å². The van der Waals surface area contributed by atoms with Crippen LogP contribution in [0, 0.1) is 28.6 Å². The molecule has 4 saturated carbocycles. The van der Waals surface area contributed by atoms with Gasteiger partial charge in [-0.25, -0.2) is 4.79 Å². The van der Waals surface area contributed by atoms with Gasteiger partial charge in [-0.05, 0) is 66.9 Å². The van der Waals surface area contributed by atoms with E-state index in [1.165, 1.54) is 12.3 Å². The molecule has 1 aliphatic heterocycles. The second-order valence-corrected chi connectivity index (χ2v) is 10.7. The number of epoxide rings is 1. The standard InChI is InChI=1S/C24H28O5/c1-22-9-7-15(25)11-14(22)4-5-17-16(22)8-10-23(2)19(13-3-6-18(26)28-12-13)20(27)21-24(17,23)29-21/h3,6,12,14,16-17,19,21H,4-5,7-11H2,1-2H3/t14-,16+,17-,19+,21-,22+,23-,24-/m1/s1. The van der Waals surface area contributed by atoms with Gasteiger partial charge in [0, 0.05) is 24.3 Å². The topological polar surface area (TPSA) is 76.9 Å². The van der Waals surface area contributed by atoms with Crippen molar-refractivity contribution >= 4 is 11.6 Å². The van der Waals surface area contributed by atoms with Gasteiger partial charge >= 0.3 is 5.63 Å². The van der Waals surface area contributed by atoms with E-state index < -0.39 is 0 Å². The van der Waals surface area contributed by atoms with Crippen LogP contribution in [0.1, 0.15) is 70.3 Å². The Morgan fingerprint density at radius 3 is 2.59 bits per heavy atom. The van der Waals surface area contributed by atoms with Gasteiger partial charge in [-0.3, -0.25) is 9.59 Å². The Morgan fingerprint density at radius 2 is 1.83 bits per heavy atom. The first-order chi connectivity index (χ1) is 13.8. The Labute approximate surface area is 170 Å². The summed E-state index contributed by atoms with van der Waals surface area (Å²) in [5, 5.41) is 0. The van der Waals surface area contributed by atoms with Crippen LogP contribution in [-0.2, 0) is 14.3 Å². The molecule has 5 aliphatic rings. The fraction of sp³-hybridized carbons (Fsp3) is 0.708. The van der Waals surface area contributed by atoms with E-state index in [2.05, 4.69) is 13.8 Å². The first-order valence-electron chi connectivity index (χ1n) is 11.1. The lowest BCUT2D eigenvalue weighted by molar-refractivity contribution is -0.147. The molecule has 0 unspecified atom stereocenters. The number of carbonyl (C=O) groups excluding carboxylic acids is 2. The van der Waals surface area contributed by atoms with Crippen LogP contribution in [0.2, 0.25) is 0 Å². The Kier molecular flexibility index (Phi) is 3.41. The molecule has 2 heterocycles. The van der Waals surface area contributed by atoms with Gasteiger partial charge in [0.2, 0.25) is 0 Å². The second kappa shape index (κ2) is 5.48. The van der Waals surface area contributed by atoms with Crippen LogP contribution in [0.3, 0.4) is 0 Å². The summed E-state index contributed by atoms with van der Waals surface area (Å²) in [4.78, 5) is 36.9. The quantitative estimate of drug-likeness (QED) is 0.677. The zero-order valence-corrected chi connectivity index (χ0v) is 17.1. The molecule has 4 aliphatic carbocycles. The molecule has 5 heteroatoms. The minimum atomic E-state index is -0.387. The molecule has 154 valence electrons. The fourth-order valence-corrected chi connectivity index (χ4v) is 8.35. The maximum Gasteiger partial charge on any atom is 0.335 e. The predicted octanol–water partition coefficient (Wildman–Crippen LogP) is 3.65. The van der Waals surface area contributed by atoms with Crippen molar-refractivity contribution in [1.29, 1.82) is 0 Å². The molecule has 5 nitrogen and oxygen atoms in total. The Morgan fingerprint density at radius 1 is 1.00 bits per heavy atom. The third-order valence-corrected chi connectivity index (χ3v) is 9.81. The molecule has 0 bridgehead atoms. The smallest absolute Gasteiger partial charge is 0.335 e. The van der Waals surface area contributed by atoms with E-state index in [0.717, 1.165) is 44.1 Å². The number of Topliss-reactive ketones (excluding diaryl/α,β-unsaturated/α-hetero) is 2. The first kappa shape index (κ1) is 18.1. The molecule has 0 aromatic carbocycles. The molecule has 1 aromatic rings. The van der Waals surface area contributed by atoms with Crippen LogP contribution in [0.15, 0.2) is 27.6 Å². The first-order valence-corrected chi connectivity index (χ1v) is 11.1. The van der Waals surface area contributed by atoms with Gasteiger partial charge in [-0.2, -0.15) is 0 Å². The summed E-state index contributed by atoms with van der Waals surface area (Å²) in [6.07, 6.45) is 7.72. The molecule has 0 N–H and O–H groups in total. The van der Waals surface area contributed by atoms with Crippen molar-refractivity contribution in [3.63, 3.8) is 0 Å². The van der Waals surface area contributed by atoms with Crippen LogP contribution in [0.5, 0.6) is 0 Å². The highest BCUT2D eigenvalue weighted by Crippen LogP contribution is 2.76. The van der Waals surface area contributed by atoms with Crippen LogP contribution >= 0.6 is 0 Å². The minimum Gasteiger partial charge on any atom is -0.431 e. The van der Waals surface area contributed by atoms with E-state index in [1.807, 2.05) is 0 Å². The summed E-state index contributed by atoms with van der Waals surface area (Å²) in [6, 6.07) is 3.18. The number of fused-ring (bicyclic) bond motifs is 3. The van der Waals surface area contributed by atoms with E-state index in [-0.39, 0.29) is 39.9 Å². The van der Waals surface area contributed by atoms with E-state index in [9.17, 15) is 14.4 Å². The van der Waals surface area contributed by atoms with E-state index >= 15 is 0 Å². The number of rotatable bonds is 1. The second-order valence-electron chi connectivity index (χ2n) is 10.7. The molecular formula is C24H28O5. The van der Waals surface area contributed by atoms with Gasteiger partial charge < -0.3 is 9.15 Å². The van der Waals surface area contributed by atoms with Crippen molar-refractivity contribution in [2.45, 2.75) is 76.4 Å². The van der Waals surface area contributed by atoms with Gasteiger partial charge in [-0.1, -0.05) is 13.8 Å². The zero-order chi connectivity index (χ0) is 20.2. The van der Waals surface area contributed by atoms with Crippen molar-refractivity contribution < 1.29 is 18.7 Å². The molecule has 0 amide bonds. The maximum atomic E-state index is 13.4. The third-order valence-electron chi connectivity index (χ3n) is 9.81.